The van der Waals surface area contributed by atoms with Crippen LogP contribution in [0.25, 0.3) is 0 Å². The van der Waals surface area contributed by atoms with E-state index in [9.17, 15) is 9.59 Å². The maximum atomic E-state index is 13.0. The van der Waals surface area contributed by atoms with E-state index in [0.717, 1.165) is 17.5 Å². The number of nitrogens with one attached hydrogen (secondary N) is 1. The van der Waals surface area contributed by atoms with E-state index in [4.69, 9.17) is 4.42 Å². The quantitative estimate of drug-likeness (QED) is 0.662. The van der Waals surface area contributed by atoms with Crippen LogP contribution in [-0.4, -0.2) is 34.8 Å². The number of nitrogens with zero attached hydrogens (tertiary/aromatic N) is 2. The van der Waals surface area contributed by atoms with Crippen molar-refractivity contribution in [2.45, 2.75) is 32.2 Å². The number of carbonyl (C=O) groups is 2. The van der Waals surface area contributed by atoms with Crippen LogP contribution in [0.1, 0.15) is 46.3 Å². The zero-order valence-corrected chi connectivity index (χ0v) is 17.7. The highest BCUT2D eigenvalue weighted by Gasteiger charge is 2.35. The number of likely N-dealkylation sites (tertiary alicyclic amines) is 1. The number of aryl methyl sites for hydroxylation is 1. The first kappa shape index (κ1) is 20.8. The molecule has 31 heavy (non-hydrogen) atoms. The lowest BCUT2D eigenvalue weighted by Crippen LogP contribution is -2.47. The summed E-state index contributed by atoms with van der Waals surface area (Å²) in [6.45, 7) is 3.53. The third-order valence-electron chi connectivity index (χ3n) is 5.93. The molecule has 0 radical (unpaired) electrons. The summed E-state index contributed by atoms with van der Waals surface area (Å²) in [5.41, 5.74) is 3.89. The molecule has 160 valence electrons. The Morgan fingerprint density at radius 1 is 1.13 bits per heavy atom. The monoisotopic (exact) mass is 417 g/mol. The highest BCUT2D eigenvalue weighted by Crippen LogP contribution is 2.31. The van der Waals surface area contributed by atoms with Gasteiger partial charge in [0.05, 0.1) is 17.7 Å². The fraction of sp³-hybridized carbons (Fsp3) is 0.320. The van der Waals surface area contributed by atoms with Gasteiger partial charge in [0.25, 0.3) is 5.91 Å². The van der Waals surface area contributed by atoms with Gasteiger partial charge in [-0.15, -0.1) is 0 Å². The molecule has 1 aromatic carbocycles. The average Bonchev–Trinajstić information content (AvgIpc) is 3.37. The van der Waals surface area contributed by atoms with E-state index in [-0.39, 0.29) is 23.7 Å². The first-order valence-electron chi connectivity index (χ1n) is 10.7. The summed E-state index contributed by atoms with van der Waals surface area (Å²) in [7, 11) is 0. The Morgan fingerprint density at radius 3 is 2.65 bits per heavy atom. The number of benzene rings is 1. The van der Waals surface area contributed by atoms with Gasteiger partial charge in [-0.25, -0.2) is 0 Å². The SMILES string of the molecule is CCc1ccc([C@@H]2C[C@H](C(=O)NCc3cccnc3)CN(C(=O)c3ccoc3)C2)cc1. The molecule has 0 aliphatic carbocycles. The Bertz CT molecular complexity index is 1000. The van der Waals surface area contributed by atoms with Gasteiger partial charge in [-0.1, -0.05) is 37.3 Å². The predicted molar refractivity (Wildman–Crippen MR) is 117 cm³/mol. The lowest BCUT2D eigenvalue weighted by atomic mass is 9.83. The summed E-state index contributed by atoms with van der Waals surface area (Å²) < 4.78 is 5.09. The van der Waals surface area contributed by atoms with Crippen molar-refractivity contribution < 1.29 is 14.0 Å². The summed E-state index contributed by atoms with van der Waals surface area (Å²) in [5.74, 6) is -0.320. The van der Waals surface area contributed by atoms with E-state index in [2.05, 4.69) is 41.5 Å². The fourth-order valence-electron chi connectivity index (χ4n) is 4.13. The summed E-state index contributed by atoms with van der Waals surface area (Å²) in [6, 6.07) is 14.0. The van der Waals surface area contributed by atoms with Gasteiger partial charge in [0.15, 0.2) is 0 Å². The van der Waals surface area contributed by atoms with E-state index in [0.29, 0.717) is 31.6 Å². The Balaban J connectivity index is 1.51. The van der Waals surface area contributed by atoms with Crippen molar-refractivity contribution in [3.8, 4) is 0 Å². The molecule has 2 amide bonds. The first-order chi connectivity index (χ1) is 15.1. The van der Waals surface area contributed by atoms with Crippen LogP contribution >= 0.6 is 0 Å². The molecule has 3 heterocycles. The molecule has 6 heteroatoms. The number of pyridine rings is 1. The second-order valence-electron chi connectivity index (χ2n) is 8.03. The molecule has 0 saturated carbocycles. The lowest BCUT2D eigenvalue weighted by Gasteiger charge is -2.37. The lowest BCUT2D eigenvalue weighted by molar-refractivity contribution is -0.126. The first-order valence-corrected chi connectivity index (χ1v) is 10.7. The van der Waals surface area contributed by atoms with Crippen LogP contribution in [-0.2, 0) is 17.8 Å². The maximum Gasteiger partial charge on any atom is 0.257 e. The van der Waals surface area contributed by atoms with Crippen LogP contribution < -0.4 is 5.32 Å². The molecular weight excluding hydrogens is 390 g/mol. The van der Waals surface area contributed by atoms with Crippen LogP contribution in [0.3, 0.4) is 0 Å². The van der Waals surface area contributed by atoms with Crippen molar-refractivity contribution >= 4 is 11.8 Å². The predicted octanol–water partition coefficient (Wildman–Crippen LogP) is 3.80. The molecule has 1 aliphatic rings. The maximum absolute atomic E-state index is 13.0. The topological polar surface area (TPSA) is 75.4 Å². The van der Waals surface area contributed by atoms with Crippen molar-refractivity contribution in [1.82, 2.24) is 15.2 Å². The third-order valence-corrected chi connectivity index (χ3v) is 5.93. The molecule has 2 aromatic heterocycles. The van der Waals surface area contributed by atoms with E-state index < -0.39 is 0 Å². The van der Waals surface area contributed by atoms with Crippen molar-refractivity contribution in [1.29, 1.82) is 0 Å². The van der Waals surface area contributed by atoms with Gasteiger partial charge in [0, 0.05) is 37.9 Å². The minimum Gasteiger partial charge on any atom is -0.472 e. The molecular formula is C25H27N3O3. The van der Waals surface area contributed by atoms with E-state index in [1.807, 2.05) is 12.1 Å². The van der Waals surface area contributed by atoms with Gasteiger partial charge in [-0.3, -0.25) is 14.6 Å². The zero-order valence-electron chi connectivity index (χ0n) is 17.7. The summed E-state index contributed by atoms with van der Waals surface area (Å²) in [5, 5.41) is 3.02. The van der Waals surface area contributed by atoms with Crippen molar-refractivity contribution in [2.75, 3.05) is 13.1 Å². The molecule has 1 aliphatic heterocycles. The smallest absolute Gasteiger partial charge is 0.257 e. The molecule has 1 saturated heterocycles. The van der Waals surface area contributed by atoms with Crippen LogP contribution in [0.2, 0.25) is 0 Å². The summed E-state index contributed by atoms with van der Waals surface area (Å²) >= 11 is 0. The number of rotatable bonds is 6. The molecule has 2 atom stereocenters. The van der Waals surface area contributed by atoms with Crippen molar-refractivity contribution in [3.63, 3.8) is 0 Å². The largest absolute Gasteiger partial charge is 0.472 e. The molecule has 0 bridgehead atoms. The average molecular weight is 418 g/mol. The highest BCUT2D eigenvalue weighted by atomic mass is 16.3. The van der Waals surface area contributed by atoms with E-state index >= 15 is 0 Å². The minimum absolute atomic E-state index is 0.0382. The molecule has 1 N–H and O–H groups in total. The van der Waals surface area contributed by atoms with Crippen LogP contribution in [0.15, 0.2) is 71.8 Å². The van der Waals surface area contributed by atoms with Crippen LogP contribution in [0, 0.1) is 5.92 Å². The number of carbonyl (C=O) groups excluding carboxylic acids is 2. The molecule has 0 unspecified atom stereocenters. The molecule has 1 fully saturated rings. The molecule has 0 spiro atoms. The van der Waals surface area contributed by atoms with Gasteiger partial charge < -0.3 is 14.6 Å². The van der Waals surface area contributed by atoms with E-state index in [1.54, 1.807) is 23.4 Å². The molecule has 3 aromatic rings. The standard InChI is InChI=1S/C25H27N3O3/c1-2-18-5-7-20(8-6-18)22-12-23(24(29)27-14-19-4-3-10-26-13-19)16-28(15-22)25(30)21-9-11-31-17-21/h3-11,13,17,22-23H,2,12,14-16H2,1H3,(H,27,29)/t22-,23+/m1/s1. The van der Waals surface area contributed by atoms with Gasteiger partial charge in [-0.05, 0) is 41.7 Å². The molecule has 4 rings (SSSR count). The van der Waals surface area contributed by atoms with Gasteiger partial charge >= 0.3 is 0 Å². The Hall–Kier alpha value is -3.41. The minimum atomic E-state index is -0.280. The summed E-state index contributed by atoms with van der Waals surface area (Å²) in [6.07, 6.45) is 8.10. The van der Waals surface area contributed by atoms with Crippen LogP contribution in [0.4, 0.5) is 0 Å². The third kappa shape index (κ3) is 5.02. The number of amides is 2. The second kappa shape index (κ2) is 9.60. The number of furan rings is 1. The number of hydrogen-bond donors (Lipinski definition) is 1. The van der Waals surface area contributed by atoms with Crippen molar-refractivity contribution in [3.05, 3.63) is 89.6 Å². The zero-order chi connectivity index (χ0) is 21.6. The molecule has 6 nitrogen and oxygen atoms in total. The van der Waals surface area contributed by atoms with E-state index in [1.165, 1.54) is 18.1 Å². The van der Waals surface area contributed by atoms with Gasteiger partial charge in [0.2, 0.25) is 5.91 Å². The normalized spacial score (nSPS) is 18.5. The number of piperidine rings is 1. The van der Waals surface area contributed by atoms with Gasteiger partial charge in [0.1, 0.15) is 6.26 Å². The Morgan fingerprint density at radius 2 is 1.97 bits per heavy atom. The highest BCUT2D eigenvalue weighted by molar-refractivity contribution is 5.94. The van der Waals surface area contributed by atoms with Crippen molar-refractivity contribution in [2.24, 2.45) is 5.92 Å². The summed E-state index contributed by atoms with van der Waals surface area (Å²) in [4.78, 5) is 31.9. The number of hydrogen-bond acceptors (Lipinski definition) is 4. The fourth-order valence-corrected chi connectivity index (χ4v) is 4.13. The van der Waals surface area contributed by atoms with Crippen LogP contribution in [0.5, 0.6) is 0 Å². The second-order valence-corrected chi connectivity index (χ2v) is 8.03. The van der Waals surface area contributed by atoms with Gasteiger partial charge in [-0.2, -0.15) is 0 Å². The number of aromatic nitrogens is 1. The Labute approximate surface area is 182 Å². The Kier molecular flexibility index (Phi) is 6.46.